The first-order chi connectivity index (χ1) is 6.88. The van der Waals surface area contributed by atoms with Crippen molar-refractivity contribution in [1.29, 1.82) is 0 Å². The van der Waals surface area contributed by atoms with Crippen LogP contribution in [0.4, 0.5) is 0 Å². The Morgan fingerprint density at radius 1 is 1.53 bits per heavy atom. The third kappa shape index (κ3) is 3.38. The van der Waals surface area contributed by atoms with Gasteiger partial charge in [-0.2, -0.15) is 0 Å². The summed E-state index contributed by atoms with van der Waals surface area (Å²) in [4.78, 5) is 0. The number of benzene rings is 1. The van der Waals surface area contributed by atoms with Crippen molar-refractivity contribution in [2.75, 3.05) is 20.3 Å². The molecule has 1 saturated heterocycles. The van der Waals surface area contributed by atoms with Crippen LogP contribution in [0.3, 0.4) is 0 Å². The number of rotatable bonds is 3. The Morgan fingerprint density at radius 3 is 3.07 bits per heavy atom. The standard InChI is InChI=1S/C11H15NO2.ClH/c1-13-10-4-2-3-9(7-10)8-11-12-5-6-14-11;/h2-4,7,11-12H,5-6,8H2,1H3;1H. The van der Waals surface area contributed by atoms with Gasteiger partial charge in [0.2, 0.25) is 0 Å². The van der Waals surface area contributed by atoms with Crippen LogP contribution in [-0.4, -0.2) is 26.5 Å². The van der Waals surface area contributed by atoms with E-state index in [1.807, 2.05) is 18.2 Å². The Kier molecular flexibility index (Phi) is 4.88. The molecule has 1 aliphatic rings. The lowest BCUT2D eigenvalue weighted by Crippen LogP contribution is -2.24. The number of ether oxygens (including phenoxy) is 2. The molecule has 1 unspecified atom stereocenters. The molecule has 84 valence electrons. The normalized spacial score (nSPS) is 19.7. The van der Waals surface area contributed by atoms with E-state index in [1.165, 1.54) is 5.56 Å². The van der Waals surface area contributed by atoms with E-state index >= 15 is 0 Å². The van der Waals surface area contributed by atoms with Crippen molar-refractivity contribution in [2.45, 2.75) is 12.6 Å². The van der Waals surface area contributed by atoms with Crippen molar-refractivity contribution in [3.63, 3.8) is 0 Å². The van der Waals surface area contributed by atoms with Gasteiger partial charge in [0.15, 0.2) is 0 Å². The summed E-state index contributed by atoms with van der Waals surface area (Å²) in [7, 11) is 1.68. The third-order valence-corrected chi connectivity index (χ3v) is 2.35. The number of halogens is 1. The van der Waals surface area contributed by atoms with Gasteiger partial charge in [-0.1, -0.05) is 12.1 Å². The summed E-state index contributed by atoms with van der Waals surface area (Å²) in [6, 6.07) is 8.09. The molecule has 0 saturated carbocycles. The quantitative estimate of drug-likeness (QED) is 0.854. The highest BCUT2D eigenvalue weighted by molar-refractivity contribution is 5.85. The predicted octanol–water partition coefficient (Wildman–Crippen LogP) is 1.61. The second kappa shape index (κ2) is 5.95. The van der Waals surface area contributed by atoms with Crippen LogP contribution in [-0.2, 0) is 11.2 Å². The molecule has 0 spiro atoms. The van der Waals surface area contributed by atoms with E-state index in [4.69, 9.17) is 9.47 Å². The van der Waals surface area contributed by atoms with Gasteiger partial charge in [-0.05, 0) is 17.7 Å². The fourth-order valence-electron chi connectivity index (χ4n) is 1.62. The molecule has 0 aromatic heterocycles. The third-order valence-electron chi connectivity index (χ3n) is 2.35. The lowest BCUT2D eigenvalue weighted by Gasteiger charge is -2.10. The maximum absolute atomic E-state index is 5.48. The Bertz CT molecular complexity index is 300. The second-order valence-electron chi connectivity index (χ2n) is 3.37. The Hall–Kier alpha value is -0.770. The zero-order valence-electron chi connectivity index (χ0n) is 8.73. The van der Waals surface area contributed by atoms with E-state index in [0.29, 0.717) is 0 Å². The van der Waals surface area contributed by atoms with Gasteiger partial charge in [0.25, 0.3) is 0 Å². The van der Waals surface area contributed by atoms with Gasteiger partial charge in [-0.25, -0.2) is 0 Å². The average molecular weight is 230 g/mol. The topological polar surface area (TPSA) is 30.5 Å². The highest BCUT2D eigenvalue weighted by Crippen LogP contribution is 2.14. The van der Waals surface area contributed by atoms with Crippen molar-refractivity contribution >= 4 is 12.4 Å². The van der Waals surface area contributed by atoms with Gasteiger partial charge in [0.05, 0.1) is 13.7 Å². The van der Waals surface area contributed by atoms with Crippen molar-refractivity contribution < 1.29 is 9.47 Å². The van der Waals surface area contributed by atoms with Crippen LogP contribution < -0.4 is 10.1 Å². The highest BCUT2D eigenvalue weighted by atomic mass is 35.5. The molecule has 1 aromatic carbocycles. The molecule has 1 N–H and O–H groups in total. The molecule has 1 atom stereocenters. The highest BCUT2D eigenvalue weighted by Gasteiger charge is 2.14. The van der Waals surface area contributed by atoms with Crippen LogP contribution in [0.15, 0.2) is 24.3 Å². The van der Waals surface area contributed by atoms with Gasteiger partial charge in [-0.3, -0.25) is 5.32 Å². The molecule has 0 radical (unpaired) electrons. The molecule has 1 fully saturated rings. The van der Waals surface area contributed by atoms with Crippen LogP contribution in [0.5, 0.6) is 5.75 Å². The maximum atomic E-state index is 5.48. The molecule has 0 aliphatic carbocycles. The largest absolute Gasteiger partial charge is 0.497 e. The number of methoxy groups -OCH3 is 1. The Morgan fingerprint density at radius 2 is 2.40 bits per heavy atom. The second-order valence-corrected chi connectivity index (χ2v) is 3.37. The zero-order chi connectivity index (χ0) is 9.80. The van der Waals surface area contributed by atoms with E-state index in [1.54, 1.807) is 7.11 Å². The van der Waals surface area contributed by atoms with Crippen LogP contribution in [0.1, 0.15) is 5.56 Å². The molecule has 0 amide bonds. The summed E-state index contributed by atoms with van der Waals surface area (Å²) in [6.45, 7) is 1.77. The van der Waals surface area contributed by atoms with E-state index in [-0.39, 0.29) is 18.6 Å². The van der Waals surface area contributed by atoms with Crippen molar-refractivity contribution in [3.05, 3.63) is 29.8 Å². The molecule has 2 rings (SSSR count). The molecule has 1 aliphatic heterocycles. The SMILES string of the molecule is COc1cccc(CC2NCCO2)c1.Cl. The lowest BCUT2D eigenvalue weighted by molar-refractivity contribution is 0.102. The van der Waals surface area contributed by atoms with Crippen molar-refractivity contribution in [2.24, 2.45) is 0 Å². The van der Waals surface area contributed by atoms with E-state index < -0.39 is 0 Å². The first-order valence-corrected chi connectivity index (χ1v) is 4.86. The first-order valence-electron chi connectivity index (χ1n) is 4.86. The van der Waals surface area contributed by atoms with Crippen molar-refractivity contribution in [1.82, 2.24) is 5.32 Å². The van der Waals surface area contributed by atoms with Crippen LogP contribution >= 0.6 is 12.4 Å². The fraction of sp³-hybridized carbons (Fsp3) is 0.455. The number of hydrogen-bond acceptors (Lipinski definition) is 3. The molecular weight excluding hydrogens is 214 g/mol. The minimum Gasteiger partial charge on any atom is -0.497 e. The van der Waals surface area contributed by atoms with Gasteiger partial charge >= 0.3 is 0 Å². The smallest absolute Gasteiger partial charge is 0.119 e. The van der Waals surface area contributed by atoms with Gasteiger partial charge < -0.3 is 9.47 Å². The number of hydrogen-bond donors (Lipinski definition) is 1. The predicted molar refractivity (Wildman–Crippen MR) is 61.7 cm³/mol. The monoisotopic (exact) mass is 229 g/mol. The number of nitrogens with one attached hydrogen (secondary N) is 1. The van der Waals surface area contributed by atoms with E-state index in [9.17, 15) is 0 Å². The molecule has 1 aromatic rings. The molecule has 0 bridgehead atoms. The molecule has 1 heterocycles. The molecule has 4 heteroatoms. The van der Waals surface area contributed by atoms with E-state index in [0.717, 1.165) is 25.3 Å². The van der Waals surface area contributed by atoms with Gasteiger partial charge in [0, 0.05) is 13.0 Å². The Labute approximate surface area is 96.2 Å². The average Bonchev–Trinajstić information content (AvgIpc) is 2.71. The molecular formula is C11H16ClNO2. The lowest BCUT2D eigenvalue weighted by atomic mass is 10.1. The summed E-state index contributed by atoms with van der Waals surface area (Å²) >= 11 is 0. The minimum absolute atomic E-state index is 0. The van der Waals surface area contributed by atoms with Gasteiger partial charge in [0.1, 0.15) is 12.0 Å². The fourth-order valence-corrected chi connectivity index (χ4v) is 1.62. The summed E-state index contributed by atoms with van der Waals surface area (Å²) in [5, 5.41) is 3.28. The van der Waals surface area contributed by atoms with Gasteiger partial charge in [-0.15, -0.1) is 12.4 Å². The zero-order valence-corrected chi connectivity index (χ0v) is 9.55. The Balaban J connectivity index is 0.00000112. The van der Waals surface area contributed by atoms with Crippen molar-refractivity contribution in [3.8, 4) is 5.75 Å². The summed E-state index contributed by atoms with van der Waals surface area (Å²) < 4.78 is 10.6. The van der Waals surface area contributed by atoms with Crippen LogP contribution in [0.25, 0.3) is 0 Å². The summed E-state index contributed by atoms with van der Waals surface area (Å²) in [6.07, 6.45) is 1.07. The maximum Gasteiger partial charge on any atom is 0.119 e. The molecule has 3 nitrogen and oxygen atoms in total. The van der Waals surface area contributed by atoms with E-state index in [2.05, 4.69) is 11.4 Å². The minimum atomic E-state index is 0. The van der Waals surface area contributed by atoms with Crippen LogP contribution in [0, 0.1) is 0 Å². The summed E-state index contributed by atoms with van der Waals surface area (Å²) in [5.74, 6) is 0.903. The summed E-state index contributed by atoms with van der Waals surface area (Å²) in [5.41, 5.74) is 1.24. The molecule has 15 heavy (non-hydrogen) atoms. The van der Waals surface area contributed by atoms with Crippen LogP contribution in [0.2, 0.25) is 0 Å². The first kappa shape index (κ1) is 12.3.